The van der Waals surface area contributed by atoms with Gasteiger partial charge in [0.25, 0.3) is 0 Å². The number of sulfone groups is 1. The Labute approximate surface area is 154 Å². The molecule has 0 radical (unpaired) electrons. The van der Waals surface area contributed by atoms with Gasteiger partial charge in [0.2, 0.25) is 0 Å². The van der Waals surface area contributed by atoms with Crippen molar-refractivity contribution in [1.29, 1.82) is 0 Å². The van der Waals surface area contributed by atoms with Crippen LogP contribution in [-0.4, -0.2) is 58.0 Å². The van der Waals surface area contributed by atoms with E-state index in [4.69, 9.17) is 0 Å². The van der Waals surface area contributed by atoms with Gasteiger partial charge < -0.3 is 10.2 Å². The number of rotatable bonds is 9. The topological polar surface area (TPSA) is 61.8 Å². The van der Waals surface area contributed by atoms with Gasteiger partial charge in [0.15, 0.2) is 5.96 Å². The van der Waals surface area contributed by atoms with E-state index in [0.717, 1.165) is 31.9 Å². The molecule has 5 nitrogen and oxygen atoms in total. The molecular formula is C15H34IN3O2S. The number of aliphatic imine (C=N–C) groups is 1. The van der Waals surface area contributed by atoms with E-state index in [1.165, 1.54) is 6.26 Å². The first kappa shape index (κ1) is 24.2. The number of halogens is 1. The third-order valence-corrected chi connectivity index (χ3v) is 4.30. The van der Waals surface area contributed by atoms with E-state index in [0.29, 0.717) is 13.0 Å². The van der Waals surface area contributed by atoms with E-state index >= 15 is 0 Å². The average molecular weight is 447 g/mol. The molecule has 0 saturated heterocycles. The van der Waals surface area contributed by atoms with Gasteiger partial charge in [0.1, 0.15) is 9.84 Å². The lowest BCUT2D eigenvalue weighted by atomic mass is 9.90. The van der Waals surface area contributed by atoms with Crippen LogP contribution in [0.2, 0.25) is 0 Å². The fourth-order valence-corrected chi connectivity index (χ4v) is 2.72. The highest BCUT2D eigenvalue weighted by Crippen LogP contribution is 2.21. The molecule has 0 aromatic carbocycles. The number of hydrogen-bond donors (Lipinski definition) is 1. The van der Waals surface area contributed by atoms with Gasteiger partial charge in [-0.2, -0.15) is 0 Å². The summed E-state index contributed by atoms with van der Waals surface area (Å²) in [5.74, 6) is 1.12. The molecule has 1 N–H and O–H groups in total. The fraction of sp³-hybridized carbons (Fsp3) is 0.933. The minimum absolute atomic E-state index is 0. The normalized spacial score (nSPS) is 12.7. The van der Waals surface area contributed by atoms with E-state index in [2.05, 4.69) is 42.9 Å². The van der Waals surface area contributed by atoms with Gasteiger partial charge in [-0.15, -0.1) is 24.0 Å². The summed E-state index contributed by atoms with van der Waals surface area (Å²) >= 11 is 0. The zero-order chi connectivity index (χ0) is 16.5. The molecule has 0 atom stereocenters. The van der Waals surface area contributed by atoms with Crippen molar-refractivity contribution in [2.75, 3.05) is 38.7 Å². The van der Waals surface area contributed by atoms with Gasteiger partial charge in [0, 0.05) is 32.9 Å². The first-order chi connectivity index (χ1) is 9.61. The number of nitrogens with one attached hydrogen (secondary N) is 1. The lowest BCUT2D eigenvalue weighted by Crippen LogP contribution is -2.40. The summed E-state index contributed by atoms with van der Waals surface area (Å²) in [6.45, 7) is 10.8. The van der Waals surface area contributed by atoms with Crippen LogP contribution in [-0.2, 0) is 9.84 Å². The molecule has 0 amide bonds. The second kappa shape index (κ2) is 11.5. The van der Waals surface area contributed by atoms with E-state index in [-0.39, 0.29) is 35.1 Å². The van der Waals surface area contributed by atoms with Crippen molar-refractivity contribution in [3.05, 3.63) is 0 Å². The lowest BCUT2D eigenvalue weighted by molar-refractivity contribution is 0.361. The van der Waals surface area contributed by atoms with E-state index < -0.39 is 9.84 Å². The van der Waals surface area contributed by atoms with Crippen LogP contribution >= 0.6 is 24.0 Å². The van der Waals surface area contributed by atoms with E-state index in [9.17, 15) is 8.42 Å². The number of nitrogens with zero attached hydrogens (tertiary/aromatic N) is 2. The maximum atomic E-state index is 11.3. The average Bonchev–Trinajstić information content (AvgIpc) is 2.38. The van der Waals surface area contributed by atoms with Crippen LogP contribution in [0.4, 0.5) is 0 Å². The highest BCUT2D eigenvalue weighted by Gasteiger charge is 2.20. The molecule has 134 valence electrons. The van der Waals surface area contributed by atoms with Crippen LogP contribution in [0, 0.1) is 5.41 Å². The van der Waals surface area contributed by atoms with Crippen molar-refractivity contribution in [3.63, 3.8) is 0 Å². The van der Waals surface area contributed by atoms with E-state index in [1.54, 1.807) is 0 Å². The molecule has 0 spiro atoms. The predicted molar refractivity (Wildman–Crippen MR) is 107 cm³/mol. The first-order valence-corrected chi connectivity index (χ1v) is 9.84. The third kappa shape index (κ3) is 12.5. The van der Waals surface area contributed by atoms with Crippen molar-refractivity contribution in [2.24, 2.45) is 10.4 Å². The summed E-state index contributed by atoms with van der Waals surface area (Å²) in [4.78, 5) is 6.81. The van der Waals surface area contributed by atoms with Crippen molar-refractivity contribution < 1.29 is 8.42 Å². The van der Waals surface area contributed by atoms with Gasteiger partial charge >= 0.3 is 0 Å². The Morgan fingerprint density at radius 2 is 1.86 bits per heavy atom. The van der Waals surface area contributed by atoms with Crippen molar-refractivity contribution >= 4 is 39.8 Å². The monoisotopic (exact) mass is 447 g/mol. The second-order valence-corrected chi connectivity index (χ2v) is 8.75. The van der Waals surface area contributed by atoms with Crippen LogP contribution in [0.3, 0.4) is 0 Å². The van der Waals surface area contributed by atoms with Gasteiger partial charge in [0.05, 0.1) is 5.75 Å². The van der Waals surface area contributed by atoms with Crippen LogP contribution in [0.25, 0.3) is 0 Å². The minimum Gasteiger partial charge on any atom is -0.357 e. The van der Waals surface area contributed by atoms with Gasteiger partial charge in [-0.05, 0) is 25.2 Å². The molecule has 0 saturated carbocycles. The van der Waals surface area contributed by atoms with E-state index in [1.807, 2.05) is 7.05 Å². The van der Waals surface area contributed by atoms with Crippen molar-refractivity contribution in [2.45, 2.75) is 47.0 Å². The number of hydrogen-bond acceptors (Lipinski definition) is 3. The standard InChI is InChI=1S/C15H33N3O2S.HI/c1-7-9-11-18(5)14(16-8-2)17-13-15(3,4)10-12-21(6,19)20;/h7-13H2,1-6H3,(H,16,17);1H. The van der Waals surface area contributed by atoms with Crippen LogP contribution in [0.1, 0.15) is 47.0 Å². The van der Waals surface area contributed by atoms with Crippen LogP contribution in [0.5, 0.6) is 0 Å². The summed E-state index contributed by atoms with van der Waals surface area (Å²) in [7, 11) is -0.867. The summed E-state index contributed by atoms with van der Waals surface area (Å²) in [6, 6.07) is 0. The molecule has 7 heteroatoms. The Morgan fingerprint density at radius 1 is 1.27 bits per heavy atom. The van der Waals surface area contributed by atoms with Gasteiger partial charge in [-0.3, -0.25) is 4.99 Å². The fourth-order valence-electron chi connectivity index (χ4n) is 1.80. The minimum atomic E-state index is -2.91. The molecule has 0 heterocycles. The molecule has 0 unspecified atom stereocenters. The maximum Gasteiger partial charge on any atom is 0.193 e. The summed E-state index contributed by atoms with van der Waals surface area (Å²) in [6.07, 6.45) is 4.21. The van der Waals surface area contributed by atoms with Gasteiger partial charge in [-0.25, -0.2) is 8.42 Å². The van der Waals surface area contributed by atoms with Crippen molar-refractivity contribution in [1.82, 2.24) is 10.2 Å². The maximum absolute atomic E-state index is 11.3. The Kier molecular flexibility index (Phi) is 12.6. The molecule has 22 heavy (non-hydrogen) atoms. The molecule has 0 aromatic rings. The zero-order valence-electron chi connectivity index (χ0n) is 15.0. The Bertz CT molecular complexity index is 423. The summed E-state index contributed by atoms with van der Waals surface area (Å²) in [5, 5.41) is 3.29. The smallest absolute Gasteiger partial charge is 0.193 e. The third-order valence-electron chi connectivity index (χ3n) is 3.35. The molecule has 0 aliphatic heterocycles. The number of guanidine groups is 1. The zero-order valence-corrected chi connectivity index (χ0v) is 18.1. The largest absolute Gasteiger partial charge is 0.357 e. The molecule has 0 aromatic heterocycles. The lowest BCUT2D eigenvalue weighted by Gasteiger charge is -2.26. The first-order valence-electron chi connectivity index (χ1n) is 7.78. The molecule has 0 fully saturated rings. The van der Waals surface area contributed by atoms with Crippen LogP contribution < -0.4 is 5.32 Å². The quantitative estimate of drug-likeness (QED) is 0.336. The molecule has 0 rings (SSSR count). The molecule has 0 aliphatic carbocycles. The highest BCUT2D eigenvalue weighted by molar-refractivity contribution is 14.0. The second-order valence-electron chi connectivity index (χ2n) is 6.49. The summed E-state index contributed by atoms with van der Waals surface area (Å²) < 4.78 is 22.6. The number of unbranched alkanes of at least 4 members (excludes halogenated alkanes) is 1. The molecular weight excluding hydrogens is 413 g/mol. The SMILES string of the molecule is CCCCN(C)C(=NCC(C)(C)CCS(C)(=O)=O)NCC.I. The Balaban J connectivity index is 0. The summed E-state index contributed by atoms with van der Waals surface area (Å²) in [5.41, 5.74) is -0.116. The van der Waals surface area contributed by atoms with Crippen molar-refractivity contribution in [3.8, 4) is 0 Å². The highest BCUT2D eigenvalue weighted by atomic mass is 127. The molecule has 0 bridgehead atoms. The Hall–Kier alpha value is -0.0500. The van der Waals surface area contributed by atoms with Gasteiger partial charge in [-0.1, -0.05) is 27.2 Å². The Morgan fingerprint density at radius 3 is 2.32 bits per heavy atom. The van der Waals surface area contributed by atoms with Crippen LogP contribution in [0.15, 0.2) is 4.99 Å². The predicted octanol–water partition coefficient (Wildman–Crippen LogP) is 2.76. The molecule has 0 aliphatic rings.